The van der Waals surface area contributed by atoms with Crippen molar-refractivity contribution in [2.75, 3.05) is 13.2 Å². The van der Waals surface area contributed by atoms with Crippen LogP contribution in [0.5, 0.6) is 0 Å². The molecule has 4 heteroatoms. The molecule has 0 aliphatic heterocycles. The Morgan fingerprint density at radius 1 is 0.941 bits per heavy atom. The fourth-order valence-corrected chi connectivity index (χ4v) is 1.26. The van der Waals surface area contributed by atoms with Crippen LogP contribution in [0.25, 0.3) is 0 Å². The zero-order chi connectivity index (χ0) is 13.8. The summed E-state index contributed by atoms with van der Waals surface area (Å²) in [4.78, 5) is 23.1. The van der Waals surface area contributed by atoms with Crippen LogP contribution in [0.1, 0.15) is 48.0 Å². The van der Waals surface area contributed by atoms with Gasteiger partial charge in [0, 0.05) is 0 Å². The molecule has 102 valence electrons. The molecular weight excluding hydrogens is 220 g/mol. The molecule has 1 atom stereocenters. The maximum Gasteiger partial charge on any atom is 0.320 e. The number of esters is 2. The molecule has 0 bridgehead atoms. The predicted molar refractivity (Wildman–Crippen MR) is 67.6 cm³/mol. The predicted octanol–water partition coefficient (Wildman–Crippen LogP) is 2.80. The minimum Gasteiger partial charge on any atom is -0.465 e. The van der Waals surface area contributed by atoms with E-state index in [1.807, 2.05) is 27.7 Å². The third kappa shape index (κ3) is 6.97. The Kier molecular flexibility index (Phi) is 12.3. The molecule has 0 spiro atoms. The van der Waals surface area contributed by atoms with Crippen LogP contribution < -0.4 is 0 Å². The summed E-state index contributed by atoms with van der Waals surface area (Å²) >= 11 is 0. The highest BCUT2D eigenvalue weighted by Crippen LogP contribution is 2.18. The molecule has 1 unspecified atom stereocenters. The van der Waals surface area contributed by atoms with E-state index in [9.17, 15) is 9.59 Å². The van der Waals surface area contributed by atoms with Gasteiger partial charge in [0.15, 0.2) is 5.92 Å². The molecule has 0 saturated heterocycles. The lowest BCUT2D eigenvalue weighted by Gasteiger charge is -2.19. The largest absolute Gasteiger partial charge is 0.465 e. The van der Waals surface area contributed by atoms with Gasteiger partial charge in [0.1, 0.15) is 0 Å². The molecule has 0 aromatic rings. The van der Waals surface area contributed by atoms with Gasteiger partial charge in [0.05, 0.1) is 13.2 Å². The van der Waals surface area contributed by atoms with E-state index in [0.29, 0.717) is 0 Å². The van der Waals surface area contributed by atoms with Gasteiger partial charge in [-0.2, -0.15) is 0 Å². The number of carbonyl (C=O) groups excluding carboxylic acids is 2. The van der Waals surface area contributed by atoms with Gasteiger partial charge in [0.2, 0.25) is 0 Å². The molecule has 0 aliphatic carbocycles. The van der Waals surface area contributed by atoms with Crippen molar-refractivity contribution in [3.63, 3.8) is 0 Å². The number of hydrogen-bond donors (Lipinski definition) is 0. The van der Waals surface area contributed by atoms with Gasteiger partial charge in [-0.25, -0.2) is 0 Å². The van der Waals surface area contributed by atoms with Crippen molar-refractivity contribution < 1.29 is 19.1 Å². The second kappa shape index (κ2) is 11.4. The summed E-state index contributed by atoms with van der Waals surface area (Å²) in [7, 11) is 0. The van der Waals surface area contributed by atoms with Crippen molar-refractivity contribution >= 4 is 11.9 Å². The smallest absolute Gasteiger partial charge is 0.320 e. The number of hydrogen-bond acceptors (Lipinski definition) is 4. The Balaban J connectivity index is 0. The van der Waals surface area contributed by atoms with Crippen molar-refractivity contribution in [2.45, 2.75) is 48.0 Å². The molecule has 0 aromatic carbocycles. The molecule has 4 nitrogen and oxygen atoms in total. The van der Waals surface area contributed by atoms with E-state index in [1.165, 1.54) is 0 Å². The highest BCUT2D eigenvalue weighted by Gasteiger charge is 2.33. The minimum absolute atomic E-state index is 0.0527. The lowest BCUT2D eigenvalue weighted by molar-refractivity contribution is -0.164. The van der Waals surface area contributed by atoms with E-state index in [-0.39, 0.29) is 19.1 Å². The first kappa shape index (κ1) is 18.3. The average molecular weight is 246 g/mol. The monoisotopic (exact) mass is 246 g/mol. The number of rotatable bonds is 6. The van der Waals surface area contributed by atoms with Crippen LogP contribution in [0, 0.1) is 11.8 Å². The Morgan fingerprint density at radius 2 is 1.29 bits per heavy atom. The summed E-state index contributed by atoms with van der Waals surface area (Å²) in [5, 5.41) is 0. The molecule has 0 saturated carbocycles. The summed E-state index contributed by atoms with van der Waals surface area (Å²) in [5.41, 5.74) is 0. The van der Waals surface area contributed by atoms with E-state index in [4.69, 9.17) is 9.47 Å². The molecule has 0 heterocycles. The summed E-state index contributed by atoms with van der Waals surface area (Å²) in [6.07, 6.45) is 0.738. The van der Waals surface area contributed by atoms with Crippen LogP contribution in [0.3, 0.4) is 0 Å². The molecule has 0 amide bonds. The Hall–Kier alpha value is -1.06. The van der Waals surface area contributed by atoms with Crippen LogP contribution in [0.4, 0.5) is 0 Å². The van der Waals surface area contributed by atoms with E-state index < -0.39 is 17.9 Å². The van der Waals surface area contributed by atoms with Crippen LogP contribution in [-0.4, -0.2) is 25.2 Å². The fourth-order valence-electron chi connectivity index (χ4n) is 1.26. The van der Waals surface area contributed by atoms with Gasteiger partial charge in [-0.1, -0.05) is 34.1 Å². The molecule has 0 fully saturated rings. The quantitative estimate of drug-likeness (QED) is 0.534. The molecule has 0 N–H and O–H groups in total. The first-order chi connectivity index (χ1) is 8.08. The zero-order valence-electron chi connectivity index (χ0n) is 11.9. The summed E-state index contributed by atoms with van der Waals surface area (Å²) in [6, 6.07) is 0. The van der Waals surface area contributed by atoms with E-state index in [1.54, 1.807) is 13.8 Å². The maximum atomic E-state index is 11.5. The van der Waals surface area contributed by atoms with E-state index in [0.717, 1.165) is 6.42 Å². The topological polar surface area (TPSA) is 52.6 Å². The summed E-state index contributed by atoms with van der Waals surface area (Å²) in [5.74, 6) is -1.80. The lowest BCUT2D eigenvalue weighted by atomic mass is 9.92. The van der Waals surface area contributed by atoms with E-state index in [2.05, 4.69) is 0 Å². The van der Waals surface area contributed by atoms with Crippen molar-refractivity contribution in [3.8, 4) is 0 Å². The van der Waals surface area contributed by atoms with Gasteiger partial charge in [-0.05, 0) is 19.8 Å². The number of ether oxygens (including phenoxy) is 2. The Labute approximate surface area is 105 Å². The van der Waals surface area contributed by atoms with Gasteiger partial charge in [-0.3, -0.25) is 9.59 Å². The van der Waals surface area contributed by atoms with E-state index >= 15 is 0 Å². The van der Waals surface area contributed by atoms with Crippen LogP contribution in [0.15, 0.2) is 0 Å². The third-order valence-electron chi connectivity index (χ3n) is 2.29. The third-order valence-corrected chi connectivity index (χ3v) is 2.29. The molecular formula is C13H26O4. The van der Waals surface area contributed by atoms with Gasteiger partial charge in [0.25, 0.3) is 0 Å². The normalized spacial score (nSPS) is 11.2. The van der Waals surface area contributed by atoms with Crippen molar-refractivity contribution in [2.24, 2.45) is 11.8 Å². The standard InChI is InChI=1S/C11H20O4.C2H6/c1-5-8(4)9(10(12)14-6-2)11(13)15-7-3;1-2/h8-9H,5-7H2,1-4H3;1-2H3. The maximum absolute atomic E-state index is 11.5. The minimum atomic E-state index is -0.783. The molecule has 0 rings (SSSR count). The first-order valence-electron chi connectivity index (χ1n) is 6.41. The number of carbonyl (C=O) groups is 2. The zero-order valence-corrected chi connectivity index (χ0v) is 11.9. The van der Waals surface area contributed by atoms with Gasteiger partial charge in [-0.15, -0.1) is 0 Å². The molecule has 17 heavy (non-hydrogen) atoms. The highest BCUT2D eigenvalue weighted by atomic mass is 16.6. The lowest BCUT2D eigenvalue weighted by Crippen LogP contribution is -2.33. The van der Waals surface area contributed by atoms with Crippen LogP contribution >= 0.6 is 0 Å². The summed E-state index contributed by atoms with van der Waals surface area (Å²) < 4.78 is 9.71. The molecule has 0 radical (unpaired) electrons. The van der Waals surface area contributed by atoms with Gasteiger partial charge >= 0.3 is 11.9 Å². The second-order valence-electron chi connectivity index (χ2n) is 3.37. The summed E-state index contributed by atoms with van der Waals surface area (Å²) in [6.45, 7) is 11.8. The molecule has 0 aromatic heterocycles. The fraction of sp³-hybridized carbons (Fsp3) is 0.846. The van der Waals surface area contributed by atoms with Gasteiger partial charge < -0.3 is 9.47 Å². The Bertz CT molecular complexity index is 195. The Morgan fingerprint density at radius 3 is 1.53 bits per heavy atom. The highest BCUT2D eigenvalue weighted by molar-refractivity contribution is 5.95. The van der Waals surface area contributed by atoms with Crippen LogP contribution in [0.2, 0.25) is 0 Å². The van der Waals surface area contributed by atoms with Crippen molar-refractivity contribution in [1.29, 1.82) is 0 Å². The SMILES string of the molecule is CC.CCOC(=O)C(C(=O)OCC)C(C)CC. The first-order valence-corrected chi connectivity index (χ1v) is 6.41. The van der Waals surface area contributed by atoms with Crippen molar-refractivity contribution in [1.82, 2.24) is 0 Å². The second-order valence-corrected chi connectivity index (χ2v) is 3.37. The van der Waals surface area contributed by atoms with Crippen molar-refractivity contribution in [3.05, 3.63) is 0 Å². The van der Waals surface area contributed by atoms with Crippen LogP contribution in [-0.2, 0) is 19.1 Å². The molecule has 0 aliphatic rings. The average Bonchev–Trinajstić information content (AvgIpc) is 2.32.